The monoisotopic (exact) mass is 253 g/mol. The summed E-state index contributed by atoms with van der Waals surface area (Å²) in [4.78, 5) is 25.1. The predicted octanol–water partition coefficient (Wildman–Crippen LogP) is 2.42. The van der Waals surface area contributed by atoms with Gasteiger partial charge in [0.2, 0.25) is 5.91 Å². The molecule has 102 valence electrons. The van der Waals surface area contributed by atoms with Gasteiger partial charge in [0.1, 0.15) is 0 Å². The number of aliphatic carboxylic acids is 1. The molecule has 0 aromatic heterocycles. The summed E-state index contributed by atoms with van der Waals surface area (Å²) >= 11 is 0. The minimum atomic E-state index is -0.789. The average molecular weight is 253 g/mol. The van der Waals surface area contributed by atoms with Crippen LogP contribution in [0.15, 0.2) is 0 Å². The second-order valence-electron chi connectivity index (χ2n) is 5.96. The molecule has 18 heavy (non-hydrogen) atoms. The molecule has 2 aliphatic rings. The van der Waals surface area contributed by atoms with Gasteiger partial charge in [-0.1, -0.05) is 19.3 Å². The molecule has 2 rings (SSSR count). The summed E-state index contributed by atoms with van der Waals surface area (Å²) in [6, 6.07) is 0. The van der Waals surface area contributed by atoms with Crippen molar-refractivity contribution in [1.29, 1.82) is 0 Å². The Bertz CT molecular complexity index is 330. The molecule has 0 unspecified atom stereocenters. The molecule has 4 heteroatoms. The molecule has 0 aromatic rings. The Morgan fingerprint density at radius 1 is 1.22 bits per heavy atom. The van der Waals surface area contributed by atoms with Crippen molar-refractivity contribution in [3.05, 3.63) is 0 Å². The van der Waals surface area contributed by atoms with Gasteiger partial charge in [0.25, 0.3) is 0 Å². The van der Waals surface area contributed by atoms with Gasteiger partial charge in [-0.3, -0.25) is 9.59 Å². The Hall–Kier alpha value is -1.06. The topological polar surface area (TPSA) is 57.6 Å². The fourth-order valence-electron chi connectivity index (χ4n) is 3.09. The van der Waals surface area contributed by atoms with Crippen LogP contribution in [0.4, 0.5) is 0 Å². The number of carbonyl (C=O) groups is 2. The molecule has 0 bridgehead atoms. The van der Waals surface area contributed by atoms with E-state index in [-0.39, 0.29) is 12.3 Å². The maximum Gasteiger partial charge on any atom is 0.305 e. The first kappa shape index (κ1) is 13.4. The summed E-state index contributed by atoms with van der Waals surface area (Å²) in [5, 5.41) is 9.12. The van der Waals surface area contributed by atoms with Crippen LogP contribution in [0.2, 0.25) is 0 Å². The van der Waals surface area contributed by atoms with Crippen LogP contribution in [-0.2, 0) is 9.59 Å². The van der Waals surface area contributed by atoms with Crippen molar-refractivity contribution in [2.75, 3.05) is 7.05 Å². The molecule has 4 nitrogen and oxygen atoms in total. The first-order valence-corrected chi connectivity index (χ1v) is 7.02. The van der Waals surface area contributed by atoms with Crippen LogP contribution in [0.3, 0.4) is 0 Å². The summed E-state index contributed by atoms with van der Waals surface area (Å²) in [5.41, 5.74) is -0.421. The van der Waals surface area contributed by atoms with Crippen molar-refractivity contribution in [3.63, 3.8) is 0 Å². The molecule has 2 saturated carbocycles. The van der Waals surface area contributed by atoms with Crippen LogP contribution in [-0.4, -0.2) is 34.5 Å². The Morgan fingerprint density at radius 3 is 2.33 bits per heavy atom. The van der Waals surface area contributed by atoms with E-state index in [0.29, 0.717) is 12.3 Å². The quantitative estimate of drug-likeness (QED) is 0.818. The van der Waals surface area contributed by atoms with E-state index >= 15 is 0 Å². The Balaban J connectivity index is 2.05. The van der Waals surface area contributed by atoms with Crippen molar-refractivity contribution >= 4 is 11.9 Å². The van der Waals surface area contributed by atoms with Gasteiger partial charge in [-0.05, 0) is 31.6 Å². The van der Waals surface area contributed by atoms with Crippen LogP contribution >= 0.6 is 0 Å². The van der Waals surface area contributed by atoms with Crippen molar-refractivity contribution in [3.8, 4) is 0 Å². The highest BCUT2D eigenvalue weighted by Crippen LogP contribution is 2.38. The summed E-state index contributed by atoms with van der Waals surface area (Å²) in [6.07, 6.45) is 7.93. The summed E-state index contributed by atoms with van der Waals surface area (Å²) in [7, 11) is 1.80. The van der Waals surface area contributed by atoms with E-state index in [1.807, 2.05) is 0 Å². The third kappa shape index (κ3) is 3.03. The van der Waals surface area contributed by atoms with Gasteiger partial charge in [-0.2, -0.15) is 0 Å². The van der Waals surface area contributed by atoms with Crippen molar-refractivity contribution in [1.82, 2.24) is 4.90 Å². The molecular formula is C14H23NO3. The maximum atomic E-state index is 12.2. The SMILES string of the molecule is CN(C(=O)CC1CC1)C1(CC(=O)O)CCCCC1. The number of carboxylic acid groups (broad SMARTS) is 1. The van der Waals surface area contributed by atoms with Crippen molar-refractivity contribution < 1.29 is 14.7 Å². The standard InChI is InChI=1S/C14H23NO3/c1-15(12(16)9-11-5-6-11)14(10-13(17)18)7-3-2-4-8-14/h11H,2-10H2,1H3,(H,17,18). The number of carbonyl (C=O) groups excluding carboxylic acids is 1. The van der Waals surface area contributed by atoms with Gasteiger partial charge < -0.3 is 10.0 Å². The third-order valence-corrected chi connectivity index (χ3v) is 4.51. The highest BCUT2D eigenvalue weighted by atomic mass is 16.4. The molecule has 0 spiro atoms. The predicted molar refractivity (Wildman–Crippen MR) is 68.2 cm³/mol. The molecule has 0 radical (unpaired) electrons. The van der Waals surface area contributed by atoms with E-state index in [9.17, 15) is 9.59 Å². The maximum absolute atomic E-state index is 12.2. The Morgan fingerprint density at radius 2 is 1.83 bits per heavy atom. The van der Waals surface area contributed by atoms with Crippen LogP contribution in [0.1, 0.15) is 57.8 Å². The molecule has 0 aliphatic heterocycles. The molecule has 0 heterocycles. The molecule has 0 atom stereocenters. The van der Waals surface area contributed by atoms with Gasteiger partial charge in [0, 0.05) is 13.5 Å². The number of hydrogen-bond donors (Lipinski definition) is 1. The number of amides is 1. The molecule has 0 aromatic carbocycles. The molecular weight excluding hydrogens is 230 g/mol. The van der Waals surface area contributed by atoms with Crippen LogP contribution in [0, 0.1) is 5.92 Å². The molecule has 1 amide bonds. The van der Waals surface area contributed by atoms with E-state index in [0.717, 1.165) is 44.9 Å². The molecule has 1 N–H and O–H groups in total. The molecule has 0 saturated heterocycles. The summed E-state index contributed by atoms with van der Waals surface area (Å²) in [5.74, 6) is -0.0889. The Kier molecular flexibility index (Phi) is 3.93. The lowest BCUT2D eigenvalue weighted by Crippen LogP contribution is -2.52. The third-order valence-electron chi connectivity index (χ3n) is 4.51. The minimum Gasteiger partial charge on any atom is -0.481 e. The van der Waals surface area contributed by atoms with E-state index in [1.54, 1.807) is 11.9 Å². The second kappa shape index (κ2) is 5.29. The zero-order valence-corrected chi connectivity index (χ0v) is 11.2. The number of rotatable bonds is 5. The van der Waals surface area contributed by atoms with Gasteiger partial charge in [0.05, 0.1) is 12.0 Å². The number of nitrogens with zero attached hydrogens (tertiary/aromatic N) is 1. The number of carboxylic acids is 1. The normalized spacial score (nSPS) is 22.5. The minimum absolute atomic E-state index is 0.0971. The second-order valence-corrected chi connectivity index (χ2v) is 5.96. The zero-order chi connectivity index (χ0) is 13.2. The van der Waals surface area contributed by atoms with Crippen LogP contribution < -0.4 is 0 Å². The highest BCUT2D eigenvalue weighted by molar-refractivity contribution is 5.78. The van der Waals surface area contributed by atoms with Gasteiger partial charge >= 0.3 is 5.97 Å². The van der Waals surface area contributed by atoms with Gasteiger partial charge in [-0.25, -0.2) is 0 Å². The van der Waals surface area contributed by atoms with Gasteiger partial charge in [-0.15, -0.1) is 0 Å². The largest absolute Gasteiger partial charge is 0.481 e. The summed E-state index contributed by atoms with van der Waals surface area (Å²) < 4.78 is 0. The van der Waals surface area contributed by atoms with Crippen molar-refractivity contribution in [2.24, 2.45) is 5.92 Å². The lowest BCUT2D eigenvalue weighted by molar-refractivity contribution is -0.146. The first-order valence-electron chi connectivity index (χ1n) is 7.02. The smallest absolute Gasteiger partial charge is 0.305 e. The zero-order valence-electron chi connectivity index (χ0n) is 11.2. The average Bonchev–Trinajstić information content (AvgIpc) is 3.12. The lowest BCUT2D eigenvalue weighted by Gasteiger charge is -2.44. The molecule has 2 aliphatic carbocycles. The fourth-order valence-corrected chi connectivity index (χ4v) is 3.09. The van der Waals surface area contributed by atoms with E-state index in [1.165, 1.54) is 0 Å². The van der Waals surface area contributed by atoms with Crippen LogP contribution in [0.5, 0.6) is 0 Å². The summed E-state index contributed by atoms with van der Waals surface area (Å²) in [6.45, 7) is 0. The van der Waals surface area contributed by atoms with E-state index < -0.39 is 11.5 Å². The van der Waals surface area contributed by atoms with Gasteiger partial charge in [0.15, 0.2) is 0 Å². The number of hydrogen-bond acceptors (Lipinski definition) is 2. The Labute approximate surface area is 108 Å². The van der Waals surface area contributed by atoms with Crippen LogP contribution in [0.25, 0.3) is 0 Å². The lowest BCUT2D eigenvalue weighted by atomic mass is 9.78. The molecule has 2 fully saturated rings. The fraction of sp³-hybridized carbons (Fsp3) is 0.857. The van der Waals surface area contributed by atoms with E-state index in [2.05, 4.69) is 0 Å². The van der Waals surface area contributed by atoms with E-state index in [4.69, 9.17) is 5.11 Å². The first-order chi connectivity index (χ1) is 8.53. The van der Waals surface area contributed by atoms with Crippen molar-refractivity contribution in [2.45, 2.75) is 63.3 Å². The highest BCUT2D eigenvalue weighted by Gasteiger charge is 2.41.